The molecule has 0 bridgehead atoms. The maximum absolute atomic E-state index is 6.90. The molecule has 0 amide bonds. The van der Waals surface area contributed by atoms with Gasteiger partial charge in [-0.05, 0) is 134 Å². The van der Waals surface area contributed by atoms with E-state index in [0.717, 1.165) is 51.8 Å². The lowest BCUT2D eigenvalue weighted by Gasteiger charge is -2.25. The number of hydrogen-bond donors (Lipinski definition) is 0. The third-order valence-corrected chi connectivity index (χ3v) is 12.8. The van der Waals surface area contributed by atoms with Crippen molar-refractivity contribution >= 4 is 60.7 Å². The van der Waals surface area contributed by atoms with Crippen LogP contribution in [0.5, 0.6) is 11.5 Å². The highest BCUT2D eigenvalue weighted by molar-refractivity contribution is 6.15. The minimum absolute atomic E-state index is 0.0748. The molecular formula is C53H51N5O. The number of fused-ring (bicyclic) bond motifs is 7. The Labute approximate surface area is 346 Å². The van der Waals surface area contributed by atoms with Gasteiger partial charge in [-0.25, -0.2) is 4.98 Å². The molecule has 0 saturated carbocycles. The van der Waals surface area contributed by atoms with E-state index in [2.05, 4.69) is 197 Å². The Hall–Kier alpha value is -6.53. The lowest BCUT2D eigenvalue weighted by molar-refractivity contribution is 0.479. The normalized spacial score (nSPS) is 13.1. The van der Waals surface area contributed by atoms with E-state index >= 15 is 0 Å². The van der Waals surface area contributed by atoms with Gasteiger partial charge < -0.3 is 19.1 Å². The van der Waals surface area contributed by atoms with E-state index in [9.17, 15) is 0 Å². The van der Waals surface area contributed by atoms with Crippen LogP contribution in [0.4, 0.5) is 17.1 Å². The van der Waals surface area contributed by atoms with Crippen LogP contribution >= 0.6 is 0 Å². The van der Waals surface area contributed by atoms with Gasteiger partial charge in [0.05, 0.1) is 45.8 Å². The van der Waals surface area contributed by atoms with Gasteiger partial charge in [0.15, 0.2) is 0 Å². The lowest BCUT2D eigenvalue weighted by atomic mass is 9.86. The summed E-state index contributed by atoms with van der Waals surface area (Å²) in [5.41, 5.74) is 18.3. The maximum atomic E-state index is 6.90. The Morgan fingerprint density at radius 3 is 1.90 bits per heavy atom. The Morgan fingerprint density at radius 2 is 1.20 bits per heavy atom. The van der Waals surface area contributed by atoms with E-state index < -0.39 is 0 Å². The van der Waals surface area contributed by atoms with E-state index in [0.29, 0.717) is 0 Å². The molecule has 0 radical (unpaired) electrons. The summed E-state index contributed by atoms with van der Waals surface area (Å²) in [6, 6.07) is 39.5. The predicted molar refractivity (Wildman–Crippen MR) is 248 cm³/mol. The predicted octanol–water partition coefficient (Wildman–Crippen LogP) is 13.8. The number of nitrogens with zero attached hydrogens (tertiary/aromatic N) is 5. The van der Waals surface area contributed by atoms with Crippen molar-refractivity contribution in [2.45, 2.75) is 67.7 Å². The Bertz CT molecular complexity index is 3120. The third-order valence-electron chi connectivity index (χ3n) is 12.8. The first kappa shape index (κ1) is 36.8. The van der Waals surface area contributed by atoms with Crippen LogP contribution in [0.15, 0.2) is 115 Å². The second kappa shape index (κ2) is 13.3. The highest BCUT2D eigenvalue weighted by Gasteiger charge is 2.27. The van der Waals surface area contributed by atoms with Crippen molar-refractivity contribution in [2.75, 3.05) is 23.5 Å². The summed E-state index contributed by atoms with van der Waals surface area (Å²) in [4.78, 5) is 9.77. The third kappa shape index (κ3) is 5.71. The highest BCUT2D eigenvalue weighted by Crippen LogP contribution is 2.44. The Morgan fingerprint density at radius 1 is 0.559 bits per heavy atom. The van der Waals surface area contributed by atoms with E-state index in [4.69, 9.17) is 9.72 Å². The van der Waals surface area contributed by atoms with Gasteiger partial charge >= 0.3 is 0 Å². The van der Waals surface area contributed by atoms with E-state index in [1.54, 1.807) is 0 Å². The fourth-order valence-corrected chi connectivity index (χ4v) is 9.59. The first-order valence-electron chi connectivity index (χ1n) is 20.7. The largest absolute Gasteiger partial charge is 0.457 e. The van der Waals surface area contributed by atoms with Gasteiger partial charge in [-0.15, -0.1) is 0 Å². The molecule has 294 valence electrons. The van der Waals surface area contributed by atoms with Crippen LogP contribution < -0.4 is 14.5 Å². The van der Waals surface area contributed by atoms with Crippen LogP contribution in [0.25, 0.3) is 55.1 Å². The van der Waals surface area contributed by atoms with Crippen LogP contribution in [0.1, 0.15) is 59.7 Å². The summed E-state index contributed by atoms with van der Waals surface area (Å²) in [7, 11) is 2.15. The number of aryl methyl sites for hydroxylation is 6. The lowest BCUT2D eigenvalue weighted by Crippen LogP contribution is -2.24. The molecule has 1 aliphatic heterocycles. The maximum Gasteiger partial charge on any atom is 0.139 e. The highest BCUT2D eigenvalue weighted by atomic mass is 16.5. The first-order valence-corrected chi connectivity index (χ1v) is 20.7. The molecule has 6 nitrogen and oxygen atoms in total. The molecule has 0 unspecified atom stereocenters. The number of hydrogen-bond acceptors (Lipinski definition) is 4. The molecule has 3 aromatic heterocycles. The fourth-order valence-electron chi connectivity index (χ4n) is 9.59. The molecule has 9 aromatic rings. The van der Waals surface area contributed by atoms with E-state index in [1.807, 2.05) is 6.20 Å². The van der Waals surface area contributed by atoms with Crippen molar-refractivity contribution in [1.29, 1.82) is 0 Å². The quantitative estimate of drug-likeness (QED) is 0.175. The first-order chi connectivity index (χ1) is 28.3. The summed E-state index contributed by atoms with van der Waals surface area (Å²) in [6.07, 6.45) is 1.97. The molecule has 0 atom stereocenters. The van der Waals surface area contributed by atoms with Gasteiger partial charge in [-0.3, -0.25) is 4.57 Å². The number of benzene rings is 6. The van der Waals surface area contributed by atoms with E-state index in [-0.39, 0.29) is 5.41 Å². The number of anilines is 3. The molecule has 1 aliphatic rings. The zero-order chi connectivity index (χ0) is 41.1. The Kier molecular flexibility index (Phi) is 8.26. The average molecular weight is 774 g/mol. The number of rotatable bonds is 5. The summed E-state index contributed by atoms with van der Waals surface area (Å²) in [5, 5.41) is 5.00. The van der Waals surface area contributed by atoms with Crippen molar-refractivity contribution in [2.24, 2.45) is 0 Å². The summed E-state index contributed by atoms with van der Waals surface area (Å²) >= 11 is 0. The SMILES string of the molecule is Cc1cc(C)c2c3c(C)cc(C)c(C)c3n(-c3ccnc(-n4c5ccccc5c5ccc(Oc6cc(N7CN(C)c8ccccc87)cc(C(C)(C)C)c6)cc54)c3)c2c1C. The molecule has 0 fully saturated rings. The molecule has 6 aromatic carbocycles. The molecule has 4 heterocycles. The van der Waals surface area contributed by atoms with Crippen molar-refractivity contribution in [1.82, 2.24) is 14.1 Å². The number of aromatic nitrogens is 3. The zero-order valence-corrected chi connectivity index (χ0v) is 35.8. The molecule has 0 N–H and O–H groups in total. The van der Waals surface area contributed by atoms with Gasteiger partial charge in [0.25, 0.3) is 0 Å². The monoisotopic (exact) mass is 773 g/mol. The van der Waals surface area contributed by atoms with Crippen molar-refractivity contribution in [3.63, 3.8) is 0 Å². The second-order valence-electron chi connectivity index (χ2n) is 17.8. The van der Waals surface area contributed by atoms with Gasteiger partial charge in [-0.2, -0.15) is 0 Å². The molecule has 0 aliphatic carbocycles. The number of pyridine rings is 1. The topological polar surface area (TPSA) is 38.5 Å². The van der Waals surface area contributed by atoms with Crippen molar-refractivity contribution in [3.8, 4) is 23.0 Å². The number of para-hydroxylation sites is 3. The summed E-state index contributed by atoms with van der Waals surface area (Å²) < 4.78 is 11.7. The minimum atomic E-state index is -0.0748. The van der Waals surface area contributed by atoms with Gasteiger partial charge in [-0.1, -0.05) is 63.2 Å². The van der Waals surface area contributed by atoms with Crippen LogP contribution in [0.3, 0.4) is 0 Å². The molecule has 6 heteroatoms. The summed E-state index contributed by atoms with van der Waals surface area (Å²) in [5.74, 6) is 2.45. The summed E-state index contributed by atoms with van der Waals surface area (Å²) in [6.45, 7) is 21.1. The van der Waals surface area contributed by atoms with Crippen LogP contribution in [0.2, 0.25) is 0 Å². The van der Waals surface area contributed by atoms with Crippen LogP contribution in [-0.4, -0.2) is 27.8 Å². The molecule has 0 spiro atoms. The van der Waals surface area contributed by atoms with Gasteiger partial charge in [0.1, 0.15) is 17.3 Å². The molecular weight excluding hydrogens is 723 g/mol. The van der Waals surface area contributed by atoms with Crippen molar-refractivity contribution in [3.05, 3.63) is 154 Å². The smallest absolute Gasteiger partial charge is 0.139 e. The molecule has 10 rings (SSSR count). The average Bonchev–Trinajstić information content (AvgIpc) is 3.87. The molecule has 59 heavy (non-hydrogen) atoms. The van der Waals surface area contributed by atoms with Crippen LogP contribution in [-0.2, 0) is 5.41 Å². The van der Waals surface area contributed by atoms with E-state index in [1.165, 1.54) is 77.5 Å². The van der Waals surface area contributed by atoms with Crippen LogP contribution in [0, 0.1) is 41.5 Å². The van der Waals surface area contributed by atoms with Gasteiger partial charge in [0.2, 0.25) is 0 Å². The minimum Gasteiger partial charge on any atom is -0.457 e. The molecule has 0 saturated heterocycles. The van der Waals surface area contributed by atoms with Crippen molar-refractivity contribution < 1.29 is 4.74 Å². The Balaban J connectivity index is 1.14. The number of ether oxygens (including phenoxy) is 1. The van der Waals surface area contributed by atoms with Gasteiger partial charge in [0, 0.05) is 58.7 Å². The fraction of sp³-hybridized carbons (Fsp3) is 0.226. The zero-order valence-electron chi connectivity index (χ0n) is 35.8. The second-order valence-corrected chi connectivity index (χ2v) is 17.8. The standard InChI is InChI=1S/C53H51N5O/c1-31-23-33(3)49-50-34(4)24-32(2)36(6)52(50)57(51(49)35(31)5)38-21-22-54-48(28-38)58-44-16-12-11-15-42(44)43-20-19-40(29-47(43)58)59-41-26-37(53(7,8)9)25-39(27-41)56-30-55(10)45-17-13-14-18-46(45)56/h11-29H,30H2,1-10H3.